The summed E-state index contributed by atoms with van der Waals surface area (Å²) in [6.45, 7) is 3.90. The van der Waals surface area contributed by atoms with Gasteiger partial charge in [-0.15, -0.1) is 0 Å². The Bertz CT molecular complexity index is 819. The summed E-state index contributed by atoms with van der Waals surface area (Å²) in [4.78, 5) is 22.4. The van der Waals surface area contributed by atoms with Crippen molar-refractivity contribution in [1.29, 1.82) is 0 Å². The Morgan fingerprint density at radius 3 is 2.38 bits per heavy atom. The fourth-order valence-corrected chi connectivity index (χ4v) is 2.58. The molecule has 2 aromatic rings. The van der Waals surface area contributed by atoms with Crippen molar-refractivity contribution in [2.24, 2.45) is 0 Å². The van der Waals surface area contributed by atoms with E-state index in [-0.39, 0.29) is 21.4 Å². The third-order valence-corrected chi connectivity index (χ3v) is 3.64. The van der Waals surface area contributed by atoms with Gasteiger partial charge in [0.1, 0.15) is 5.02 Å². The zero-order valence-electron chi connectivity index (χ0n) is 12.9. The molecule has 2 rings (SSSR count). The molecule has 2 aromatic carbocycles. The van der Waals surface area contributed by atoms with Gasteiger partial charge in [-0.2, -0.15) is 0 Å². The average molecular weight is 364 g/mol. The van der Waals surface area contributed by atoms with Gasteiger partial charge < -0.3 is 5.32 Å². The van der Waals surface area contributed by atoms with Crippen molar-refractivity contribution in [2.75, 3.05) is 5.32 Å². The van der Waals surface area contributed by atoms with Crippen LogP contribution >= 0.6 is 23.8 Å². The quantitative estimate of drug-likeness (QED) is 0.489. The Morgan fingerprint density at radius 2 is 1.79 bits per heavy atom. The van der Waals surface area contributed by atoms with Gasteiger partial charge in [0.15, 0.2) is 5.11 Å². The van der Waals surface area contributed by atoms with Crippen LogP contribution in [0.15, 0.2) is 36.4 Å². The maximum atomic E-state index is 12.2. The van der Waals surface area contributed by atoms with Crippen LogP contribution in [0.25, 0.3) is 0 Å². The number of benzene rings is 2. The minimum atomic E-state index is -0.648. The molecule has 0 atom stereocenters. The van der Waals surface area contributed by atoms with Crippen LogP contribution in [0.5, 0.6) is 0 Å². The molecule has 0 fully saturated rings. The summed E-state index contributed by atoms with van der Waals surface area (Å²) in [6.07, 6.45) is 0. The summed E-state index contributed by atoms with van der Waals surface area (Å²) >= 11 is 10.8. The first kappa shape index (κ1) is 17.8. The Morgan fingerprint density at radius 1 is 1.17 bits per heavy atom. The number of hydrogen-bond acceptors (Lipinski definition) is 4. The van der Waals surface area contributed by atoms with E-state index < -0.39 is 10.8 Å². The first-order valence-corrected chi connectivity index (χ1v) is 7.69. The number of anilines is 1. The minimum absolute atomic E-state index is 0.0347. The van der Waals surface area contributed by atoms with Crippen LogP contribution in [-0.2, 0) is 0 Å². The van der Waals surface area contributed by atoms with Gasteiger partial charge in [0.05, 0.1) is 4.92 Å². The molecule has 0 radical (unpaired) electrons. The summed E-state index contributed by atoms with van der Waals surface area (Å²) < 4.78 is 0. The fourth-order valence-electron chi connectivity index (χ4n) is 2.18. The lowest BCUT2D eigenvalue weighted by Crippen LogP contribution is -2.34. The van der Waals surface area contributed by atoms with Crippen molar-refractivity contribution < 1.29 is 9.72 Å². The maximum Gasteiger partial charge on any atom is 0.288 e. The van der Waals surface area contributed by atoms with E-state index in [0.29, 0.717) is 0 Å². The number of nitrogens with zero attached hydrogens (tertiary/aromatic N) is 1. The van der Waals surface area contributed by atoms with E-state index in [9.17, 15) is 14.9 Å². The highest BCUT2D eigenvalue weighted by molar-refractivity contribution is 7.80. The second-order valence-electron chi connectivity index (χ2n) is 5.21. The highest BCUT2D eigenvalue weighted by Crippen LogP contribution is 2.25. The van der Waals surface area contributed by atoms with Crippen LogP contribution < -0.4 is 10.6 Å². The molecule has 0 aliphatic rings. The molecule has 8 heteroatoms. The van der Waals surface area contributed by atoms with Crippen LogP contribution in [-0.4, -0.2) is 15.9 Å². The third-order valence-electron chi connectivity index (χ3n) is 3.11. The van der Waals surface area contributed by atoms with Gasteiger partial charge >= 0.3 is 0 Å². The van der Waals surface area contributed by atoms with E-state index in [1.165, 1.54) is 12.1 Å². The second kappa shape index (κ2) is 7.37. The van der Waals surface area contributed by atoms with E-state index >= 15 is 0 Å². The van der Waals surface area contributed by atoms with Gasteiger partial charge in [-0.25, -0.2) is 0 Å². The number of carbonyl (C=O) groups is 1. The van der Waals surface area contributed by atoms with E-state index in [1.54, 1.807) is 0 Å². The number of thiocarbonyl (C=S) groups is 1. The van der Waals surface area contributed by atoms with E-state index in [2.05, 4.69) is 10.6 Å². The van der Waals surface area contributed by atoms with E-state index in [4.69, 9.17) is 23.8 Å². The molecule has 0 bridgehead atoms. The predicted octanol–water partition coefficient (Wildman–Crippen LogP) is 3.99. The molecule has 0 saturated carbocycles. The Hall–Kier alpha value is -2.51. The first-order chi connectivity index (χ1) is 11.3. The number of amides is 1. The lowest BCUT2D eigenvalue weighted by molar-refractivity contribution is -0.384. The van der Waals surface area contributed by atoms with Crippen molar-refractivity contribution in [2.45, 2.75) is 13.8 Å². The summed E-state index contributed by atoms with van der Waals surface area (Å²) in [6, 6.07) is 9.59. The molecule has 6 nitrogen and oxygen atoms in total. The largest absolute Gasteiger partial charge is 0.332 e. The Kier molecular flexibility index (Phi) is 5.48. The lowest BCUT2D eigenvalue weighted by Gasteiger charge is -2.11. The van der Waals surface area contributed by atoms with Crippen molar-refractivity contribution in [3.63, 3.8) is 0 Å². The van der Waals surface area contributed by atoms with Crippen molar-refractivity contribution in [1.82, 2.24) is 5.32 Å². The van der Waals surface area contributed by atoms with Gasteiger partial charge in [-0.1, -0.05) is 17.7 Å². The van der Waals surface area contributed by atoms with Crippen LogP contribution in [0.4, 0.5) is 11.4 Å². The van der Waals surface area contributed by atoms with Gasteiger partial charge in [-0.3, -0.25) is 20.2 Å². The number of nitrogens with one attached hydrogen (secondary N) is 2. The average Bonchev–Trinajstić information content (AvgIpc) is 2.45. The normalized spacial score (nSPS) is 10.1. The van der Waals surface area contributed by atoms with Gasteiger partial charge in [0.25, 0.3) is 11.6 Å². The number of nitro groups is 1. The zero-order chi connectivity index (χ0) is 17.9. The van der Waals surface area contributed by atoms with Gasteiger partial charge in [0, 0.05) is 17.3 Å². The summed E-state index contributed by atoms with van der Waals surface area (Å²) in [5, 5.41) is 16.3. The highest BCUT2D eigenvalue weighted by atomic mass is 35.5. The number of carbonyl (C=O) groups excluding carboxylic acids is 1. The molecule has 124 valence electrons. The number of hydrogen-bond donors (Lipinski definition) is 2. The van der Waals surface area contributed by atoms with Gasteiger partial charge in [0.2, 0.25) is 0 Å². The highest BCUT2D eigenvalue weighted by Gasteiger charge is 2.17. The van der Waals surface area contributed by atoms with E-state index in [1.807, 2.05) is 32.0 Å². The molecule has 0 unspecified atom stereocenters. The maximum absolute atomic E-state index is 12.2. The smallest absolute Gasteiger partial charge is 0.288 e. The number of halogens is 1. The third kappa shape index (κ3) is 4.50. The molecule has 0 saturated heterocycles. The molecule has 0 spiro atoms. The summed E-state index contributed by atoms with van der Waals surface area (Å²) in [5.74, 6) is -0.559. The monoisotopic (exact) mass is 363 g/mol. The van der Waals surface area contributed by atoms with Crippen molar-refractivity contribution in [3.8, 4) is 0 Å². The summed E-state index contributed by atoms with van der Waals surface area (Å²) in [5.41, 5.74) is 2.62. The Balaban J connectivity index is 2.10. The molecule has 0 aromatic heterocycles. The van der Waals surface area contributed by atoms with Crippen LogP contribution in [0.3, 0.4) is 0 Å². The van der Waals surface area contributed by atoms with Crippen LogP contribution in [0.1, 0.15) is 21.5 Å². The Labute approximate surface area is 149 Å². The first-order valence-electron chi connectivity index (χ1n) is 6.91. The summed E-state index contributed by atoms with van der Waals surface area (Å²) in [7, 11) is 0. The molecule has 0 aliphatic carbocycles. The molecule has 2 N–H and O–H groups in total. The second-order valence-corrected chi connectivity index (χ2v) is 6.02. The number of aryl methyl sites for hydroxylation is 2. The molecule has 24 heavy (non-hydrogen) atoms. The molecule has 0 aliphatic heterocycles. The SMILES string of the molecule is Cc1cc(C)cc(NC(=S)NC(=O)c2ccc(Cl)c([N+](=O)[O-])c2)c1. The number of rotatable bonds is 3. The van der Waals surface area contributed by atoms with Crippen LogP contribution in [0.2, 0.25) is 5.02 Å². The van der Waals surface area contributed by atoms with E-state index in [0.717, 1.165) is 22.9 Å². The van der Waals surface area contributed by atoms with Crippen molar-refractivity contribution in [3.05, 3.63) is 68.2 Å². The minimum Gasteiger partial charge on any atom is -0.332 e. The fraction of sp³-hybridized carbons (Fsp3) is 0.125. The molecular formula is C16H14ClN3O3S. The van der Waals surface area contributed by atoms with Crippen molar-refractivity contribution >= 4 is 46.2 Å². The zero-order valence-corrected chi connectivity index (χ0v) is 14.5. The lowest BCUT2D eigenvalue weighted by atomic mass is 10.1. The van der Waals surface area contributed by atoms with Crippen LogP contribution in [0, 0.1) is 24.0 Å². The number of nitro benzene ring substituents is 1. The predicted molar refractivity (Wildman–Crippen MR) is 97.7 cm³/mol. The molecular weight excluding hydrogens is 350 g/mol. The topological polar surface area (TPSA) is 84.3 Å². The molecule has 1 amide bonds. The van der Waals surface area contributed by atoms with Gasteiger partial charge in [-0.05, 0) is 61.5 Å². The molecule has 0 heterocycles. The standard InChI is InChI=1S/C16H14ClN3O3S/c1-9-5-10(2)7-12(6-9)18-16(24)19-15(21)11-3-4-13(17)14(8-11)20(22)23/h3-8H,1-2H3,(H2,18,19,21,24).